The van der Waals surface area contributed by atoms with Gasteiger partial charge in [0.2, 0.25) is 0 Å². The number of hydrogen-bond donors (Lipinski definition) is 2. The summed E-state index contributed by atoms with van der Waals surface area (Å²) in [5.74, 6) is 0. The van der Waals surface area contributed by atoms with Crippen LogP contribution in [0.5, 0.6) is 0 Å². The SMILES string of the molecule is CC1Cc2ccccc2N1S(=O)(=O)c1ccc2[nH]c(=O)c(=O)[nH]c2c1. The molecule has 128 valence electrons. The molecule has 1 aromatic heterocycles. The molecule has 3 aromatic rings. The fourth-order valence-electron chi connectivity index (χ4n) is 3.27. The first-order chi connectivity index (χ1) is 11.9. The van der Waals surface area contributed by atoms with Gasteiger partial charge in [-0.2, -0.15) is 0 Å². The van der Waals surface area contributed by atoms with Crippen LogP contribution in [-0.2, 0) is 16.4 Å². The quantitative estimate of drug-likeness (QED) is 0.676. The van der Waals surface area contributed by atoms with E-state index in [1.165, 1.54) is 22.5 Å². The van der Waals surface area contributed by atoms with Crippen LogP contribution in [0.25, 0.3) is 11.0 Å². The topological polar surface area (TPSA) is 103 Å². The molecule has 0 radical (unpaired) electrons. The summed E-state index contributed by atoms with van der Waals surface area (Å²) in [7, 11) is -3.80. The molecule has 1 aliphatic heterocycles. The van der Waals surface area contributed by atoms with Gasteiger partial charge in [0, 0.05) is 6.04 Å². The highest BCUT2D eigenvalue weighted by molar-refractivity contribution is 7.92. The van der Waals surface area contributed by atoms with Crippen molar-refractivity contribution in [1.82, 2.24) is 9.97 Å². The minimum Gasteiger partial charge on any atom is -0.316 e. The smallest absolute Gasteiger partial charge is 0.314 e. The summed E-state index contributed by atoms with van der Waals surface area (Å²) in [4.78, 5) is 27.8. The molecule has 0 fully saturated rings. The van der Waals surface area contributed by atoms with E-state index in [1.54, 1.807) is 6.07 Å². The zero-order valence-electron chi connectivity index (χ0n) is 13.3. The first-order valence-corrected chi connectivity index (χ1v) is 9.20. The van der Waals surface area contributed by atoms with Gasteiger partial charge in [0.25, 0.3) is 10.0 Å². The molecule has 0 bridgehead atoms. The maximum absolute atomic E-state index is 13.2. The third-order valence-corrected chi connectivity index (χ3v) is 6.32. The number of nitrogens with one attached hydrogen (secondary N) is 2. The van der Waals surface area contributed by atoms with E-state index in [9.17, 15) is 18.0 Å². The van der Waals surface area contributed by atoms with Crippen LogP contribution in [0, 0.1) is 0 Å². The van der Waals surface area contributed by atoms with Gasteiger partial charge >= 0.3 is 11.1 Å². The Bertz CT molecular complexity index is 1210. The Morgan fingerprint density at radius 2 is 1.68 bits per heavy atom. The summed E-state index contributed by atoms with van der Waals surface area (Å²) in [5, 5.41) is 0. The molecule has 2 aromatic carbocycles. The van der Waals surface area contributed by atoms with Gasteiger partial charge in [0.1, 0.15) is 0 Å². The van der Waals surface area contributed by atoms with Crippen molar-refractivity contribution in [3.8, 4) is 0 Å². The standard InChI is InChI=1S/C17H15N3O4S/c1-10-8-11-4-2-3-5-15(11)20(10)25(23,24)12-6-7-13-14(9-12)19-17(22)16(21)18-13/h2-7,9-10H,8H2,1H3,(H,18,21)(H,19,22). The number of anilines is 1. The first-order valence-electron chi connectivity index (χ1n) is 7.76. The third kappa shape index (κ3) is 2.37. The lowest BCUT2D eigenvalue weighted by molar-refractivity contribution is 0.584. The van der Waals surface area contributed by atoms with Crippen molar-refractivity contribution in [2.45, 2.75) is 24.3 Å². The van der Waals surface area contributed by atoms with Crippen molar-refractivity contribution in [3.05, 3.63) is 68.7 Å². The molecule has 2 N–H and O–H groups in total. The molecule has 0 aliphatic carbocycles. The highest BCUT2D eigenvalue weighted by Gasteiger charge is 2.35. The van der Waals surface area contributed by atoms with Gasteiger partial charge in [-0.1, -0.05) is 18.2 Å². The molecule has 0 saturated carbocycles. The number of benzene rings is 2. The van der Waals surface area contributed by atoms with Gasteiger partial charge in [0.15, 0.2) is 0 Å². The van der Waals surface area contributed by atoms with Gasteiger partial charge in [-0.3, -0.25) is 13.9 Å². The largest absolute Gasteiger partial charge is 0.316 e. The third-order valence-electron chi connectivity index (χ3n) is 4.40. The average Bonchev–Trinajstić information content (AvgIpc) is 2.91. The lowest BCUT2D eigenvalue weighted by Crippen LogP contribution is -2.35. The van der Waals surface area contributed by atoms with E-state index in [0.717, 1.165) is 5.56 Å². The molecule has 0 amide bonds. The molecule has 0 saturated heterocycles. The number of aromatic nitrogens is 2. The summed E-state index contributed by atoms with van der Waals surface area (Å²) < 4.78 is 27.7. The van der Waals surface area contributed by atoms with Crippen LogP contribution in [0.15, 0.2) is 56.9 Å². The normalized spacial score (nSPS) is 17.0. The van der Waals surface area contributed by atoms with Crippen molar-refractivity contribution < 1.29 is 8.42 Å². The fourth-order valence-corrected chi connectivity index (χ4v) is 4.99. The minimum atomic E-state index is -3.80. The number of nitrogens with zero attached hydrogens (tertiary/aromatic N) is 1. The molecule has 25 heavy (non-hydrogen) atoms. The Labute approximate surface area is 143 Å². The molecule has 1 unspecified atom stereocenters. The van der Waals surface area contributed by atoms with Crippen LogP contribution in [0.1, 0.15) is 12.5 Å². The number of hydrogen-bond acceptors (Lipinski definition) is 4. The van der Waals surface area contributed by atoms with Crippen LogP contribution in [-0.4, -0.2) is 24.4 Å². The van der Waals surface area contributed by atoms with E-state index in [0.29, 0.717) is 17.6 Å². The molecular formula is C17H15N3O4S. The summed E-state index contributed by atoms with van der Waals surface area (Å²) in [6.45, 7) is 1.86. The van der Waals surface area contributed by atoms with Gasteiger partial charge in [-0.05, 0) is 43.2 Å². The number of para-hydroxylation sites is 1. The van der Waals surface area contributed by atoms with E-state index in [4.69, 9.17) is 0 Å². The highest BCUT2D eigenvalue weighted by Crippen LogP contribution is 2.36. The first kappa shape index (κ1) is 15.6. The van der Waals surface area contributed by atoms with E-state index < -0.39 is 21.1 Å². The molecule has 8 heteroatoms. The zero-order chi connectivity index (χ0) is 17.8. The van der Waals surface area contributed by atoms with Crippen molar-refractivity contribution in [2.24, 2.45) is 0 Å². The average molecular weight is 357 g/mol. The Morgan fingerprint density at radius 3 is 2.44 bits per heavy atom. The lowest BCUT2D eigenvalue weighted by Gasteiger charge is -2.24. The van der Waals surface area contributed by atoms with Gasteiger partial charge in [0.05, 0.1) is 21.6 Å². The monoisotopic (exact) mass is 357 g/mol. The van der Waals surface area contributed by atoms with E-state index in [2.05, 4.69) is 9.97 Å². The highest BCUT2D eigenvalue weighted by atomic mass is 32.2. The number of aromatic amines is 2. The van der Waals surface area contributed by atoms with Crippen LogP contribution in [0.4, 0.5) is 5.69 Å². The molecular weight excluding hydrogens is 342 g/mol. The van der Waals surface area contributed by atoms with E-state index in [-0.39, 0.29) is 16.5 Å². The summed E-state index contributed by atoms with van der Waals surface area (Å²) in [6, 6.07) is 11.5. The summed E-state index contributed by atoms with van der Waals surface area (Å²) >= 11 is 0. The second-order valence-electron chi connectivity index (χ2n) is 6.10. The van der Waals surface area contributed by atoms with Crippen molar-refractivity contribution in [1.29, 1.82) is 0 Å². The predicted octanol–water partition coefficient (Wildman–Crippen LogP) is 1.36. The number of fused-ring (bicyclic) bond motifs is 2. The zero-order valence-corrected chi connectivity index (χ0v) is 14.1. The Balaban J connectivity index is 1.89. The molecule has 1 aliphatic rings. The van der Waals surface area contributed by atoms with Crippen LogP contribution < -0.4 is 15.4 Å². The van der Waals surface area contributed by atoms with Crippen molar-refractivity contribution in [3.63, 3.8) is 0 Å². The molecule has 4 rings (SSSR count). The van der Waals surface area contributed by atoms with Crippen molar-refractivity contribution >= 4 is 26.7 Å². The predicted molar refractivity (Wildman–Crippen MR) is 94.5 cm³/mol. The van der Waals surface area contributed by atoms with Crippen LogP contribution in [0.3, 0.4) is 0 Å². The molecule has 1 atom stereocenters. The number of rotatable bonds is 2. The fraction of sp³-hybridized carbons (Fsp3) is 0.176. The lowest BCUT2D eigenvalue weighted by atomic mass is 10.1. The van der Waals surface area contributed by atoms with E-state index >= 15 is 0 Å². The Morgan fingerprint density at radius 1 is 1.00 bits per heavy atom. The Hall–Kier alpha value is -2.87. The molecule has 0 spiro atoms. The van der Waals surface area contributed by atoms with Gasteiger partial charge < -0.3 is 9.97 Å². The summed E-state index contributed by atoms with van der Waals surface area (Å²) in [5.41, 5.74) is 0.707. The number of H-pyrrole nitrogens is 2. The second-order valence-corrected chi connectivity index (χ2v) is 7.91. The van der Waals surface area contributed by atoms with Crippen molar-refractivity contribution in [2.75, 3.05) is 4.31 Å². The molecule has 2 heterocycles. The number of sulfonamides is 1. The maximum Gasteiger partial charge on any atom is 0.314 e. The summed E-state index contributed by atoms with van der Waals surface area (Å²) in [6.07, 6.45) is 0.646. The van der Waals surface area contributed by atoms with Crippen LogP contribution in [0.2, 0.25) is 0 Å². The van der Waals surface area contributed by atoms with Gasteiger partial charge in [-0.25, -0.2) is 8.42 Å². The van der Waals surface area contributed by atoms with Crippen LogP contribution >= 0.6 is 0 Å². The van der Waals surface area contributed by atoms with Gasteiger partial charge in [-0.15, -0.1) is 0 Å². The minimum absolute atomic E-state index is 0.0613. The Kier molecular flexibility index (Phi) is 3.33. The molecule has 7 nitrogen and oxygen atoms in total. The van der Waals surface area contributed by atoms with E-state index in [1.807, 2.05) is 25.1 Å². The maximum atomic E-state index is 13.2. The second kappa shape index (κ2) is 5.32.